The molecule has 0 bridgehead atoms. The molecule has 1 amide bonds. The van der Waals surface area contributed by atoms with Crippen molar-refractivity contribution in [1.82, 2.24) is 10.5 Å². The predicted molar refractivity (Wildman–Crippen MR) is 74.8 cm³/mol. The lowest BCUT2D eigenvalue weighted by Gasteiger charge is -2.31. The minimum absolute atomic E-state index is 0.189. The molecule has 1 heterocycles. The van der Waals surface area contributed by atoms with E-state index in [2.05, 4.69) is 10.5 Å². The number of hydrogen-bond acceptors (Lipinski definition) is 5. The van der Waals surface area contributed by atoms with Crippen LogP contribution < -0.4 is 11.1 Å². The summed E-state index contributed by atoms with van der Waals surface area (Å²) in [6.45, 7) is 4.10. The molecule has 19 heavy (non-hydrogen) atoms. The smallest absolute Gasteiger partial charge is 0.274 e. The summed E-state index contributed by atoms with van der Waals surface area (Å²) in [5, 5.41) is 6.53. The first kappa shape index (κ1) is 15.6. The number of methoxy groups -OCH3 is 1. The molecule has 3 N–H and O–H groups in total. The zero-order valence-corrected chi connectivity index (χ0v) is 12.2. The lowest BCUT2D eigenvalue weighted by molar-refractivity contribution is 0.0910. The normalized spacial score (nSPS) is 11.3. The van der Waals surface area contributed by atoms with Crippen LogP contribution in [0, 0.1) is 0 Å². The number of ether oxygens (including phenoxy) is 1. The summed E-state index contributed by atoms with van der Waals surface area (Å²) < 4.78 is 9.86. The van der Waals surface area contributed by atoms with E-state index >= 15 is 0 Å². The summed E-state index contributed by atoms with van der Waals surface area (Å²) in [6, 6.07) is 1.54. The number of amides is 1. The van der Waals surface area contributed by atoms with Gasteiger partial charge in [-0.1, -0.05) is 31.2 Å². The Kier molecular flexibility index (Phi) is 5.44. The summed E-state index contributed by atoms with van der Waals surface area (Å²) in [4.78, 5) is 12.4. The van der Waals surface area contributed by atoms with Crippen LogP contribution >= 0.6 is 12.2 Å². The third-order valence-electron chi connectivity index (χ3n) is 3.11. The van der Waals surface area contributed by atoms with Crippen molar-refractivity contribution in [3.05, 3.63) is 17.5 Å². The fourth-order valence-corrected chi connectivity index (χ4v) is 2.09. The quantitative estimate of drug-likeness (QED) is 0.736. The molecule has 0 atom stereocenters. The second-order valence-electron chi connectivity index (χ2n) is 4.22. The molecule has 7 heteroatoms. The number of nitrogens with zero attached hydrogens (tertiary/aromatic N) is 1. The predicted octanol–water partition coefficient (Wildman–Crippen LogP) is 1.40. The third kappa shape index (κ3) is 3.51. The van der Waals surface area contributed by atoms with Gasteiger partial charge in [-0.05, 0) is 12.8 Å². The topological polar surface area (TPSA) is 90.4 Å². The number of rotatable bonds is 7. The second-order valence-corrected chi connectivity index (χ2v) is 4.66. The van der Waals surface area contributed by atoms with Crippen molar-refractivity contribution in [2.75, 3.05) is 7.11 Å². The minimum atomic E-state index is -0.688. The highest BCUT2D eigenvalue weighted by Gasteiger charge is 2.32. The van der Waals surface area contributed by atoms with E-state index in [-0.39, 0.29) is 23.2 Å². The number of carbonyl (C=O) groups excluding carboxylic acids is 1. The lowest BCUT2D eigenvalue weighted by atomic mass is 9.92. The Morgan fingerprint density at radius 3 is 2.68 bits per heavy atom. The number of carbonyl (C=O) groups is 1. The van der Waals surface area contributed by atoms with E-state index < -0.39 is 5.54 Å². The van der Waals surface area contributed by atoms with Crippen LogP contribution in [0.25, 0.3) is 0 Å². The van der Waals surface area contributed by atoms with Crippen LogP contribution in [0.15, 0.2) is 10.6 Å². The fraction of sp³-hybridized carbons (Fsp3) is 0.583. The second kappa shape index (κ2) is 6.63. The minimum Gasteiger partial charge on any atom is -0.391 e. The van der Waals surface area contributed by atoms with Crippen molar-refractivity contribution in [1.29, 1.82) is 0 Å². The van der Waals surface area contributed by atoms with Gasteiger partial charge in [0.05, 0.1) is 10.5 Å². The molecule has 0 aromatic carbocycles. The zero-order valence-electron chi connectivity index (χ0n) is 11.4. The molecule has 0 radical (unpaired) electrons. The van der Waals surface area contributed by atoms with E-state index in [1.54, 1.807) is 0 Å². The number of aromatic nitrogens is 1. The molecule has 0 fully saturated rings. The first-order chi connectivity index (χ1) is 8.99. The number of hydrogen-bond donors (Lipinski definition) is 2. The van der Waals surface area contributed by atoms with Gasteiger partial charge in [0, 0.05) is 13.2 Å². The molecule has 0 aliphatic heterocycles. The Morgan fingerprint density at radius 1 is 1.58 bits per heavy atom. The van der Waals surface area contributed by atoms with Gasteiger partial charge in [0.1, 0.15) is 6.61 Å². The van der Waals surface area contributed by atoms with Crippen LogP contribution in [-0.4, -0.2) is 28.7 Å². The van der Waals surface area contributed by atoms with Crippen LogP contribution in [0.5, 0.6) is 0 Å². The highest BCUT2D eigenvalue weighted by molar-refractivity contribution is 7.80. The van der Waals surface area contributed by atoms with E-state index in [9.17, 15) is 4.79 Å². The van der Waals surface area contributed by atoms with Gasteiger partial charge < -0.3 is 20.3 Å². The molecule has 106 valence electrons. The molecule has 0 unspecified atom stereocenters. The van der Waals surface area contributed by atoms with Crippen molar-refractivity contribution in [3.8, 4) is 0 Å². The van der Waals surface area contributed by atoms with Gasteiger partial charge in [-0.3, -0.25) is 4.79 Å². The average molecular weight is 285 g/mol. The number of thiocarbonyl (C=S) groups is 1. The maximum absolute atomic E-state index is 12.1. The van der Waals surface area contributed by atoms with Gasteiger partial charge in [-0.15, -0.1) is 0 Å². The Balaban J connectivity index is 2.84. The van der Waals surface area contributed by atoms with Gasteiger partial charge in [-0.2, -0.15) is 0 Å². The van der Waals surface area contributed by atoms with Crippen LogP contribution in [0.4, 0.5) is 0 Å². The van der Waals surface area contributed by atoms with Gasteiger partial charge in [0.25, 0.3) is 5.91 Å². The van der Waals surface area contributed by atoms with Crippen LogP contribution in [0.1, 0.15) is 42.9 Å². The van der Waals surface area contributed by atoms with Crippen LogP contribution in [0.2, 0.25) is 0 Å². The van der Waals surface area contributed by atoms with E-state index in [4.69, 9.17) is 27.2 Å². The fourth-order valence-electron chi connectivity index (χ4n) is 1.75. The molecule has 0 saturated heterocycles. The van der Waals surface area contributed by atoms with Crippen molar-refractivity contribution in [2.24, 2.45) is 5.73 Å². The van der Waals surface area contributed by atoms with Gasteiger partial charge in [0.15, 0.2) is 11.5 Å². The maximum atomic E-state index is 12.1. The Morgan fingerprint density at radius 2 is 2.21 bits per heavy atom. The molecule has 0 spiro atoms. The first-order valence-electron chi connectivity index (χ1n) is 6.06. The molecule has 1 aromatic heterocycles. The molecule has 0 saturated carbocycles. The zero-order chi connectivity index (χ0) is 14.5. The molecule has 1 rings (SSSR count). The van der Waals surface area contributed by atoms with Crippen LogP contribution in [0.3, 0.4) is 0 Å². The monoisotopic (exact) mass is 285 g/mol. The maximum Gasteiger partial charge on any atom is 0.274 e. The molecule has 1 aromatic rings. The first-order valence-corrected chi connectivity index (χ1v) is 6.46. The van der Waals surface area contributed by atoms with Crippen molar-refractivity contribution in [3.63, 3.8) is 0 Å². The number of nitrogens with one attached hydrogen (secondary N) is 1. The number of nitrogens with two attached hydrogens (primary N) is 1. The highest BCUT2D eigenvalue weighted by atomic mass is 32.1. The van der Waals surface area contributed by atoms with E-state index in [0.29, 0.717) is 18.6 Å². The van der Waals surface area contributed by atoms with Gasteiger partial charge in [0.2, 0.25) is 0 Å². The Bertz CT molecular complexity index is 455. The molecule has 6 nitrogen and oxygen atoms in total. The average Bonchev–Trinajstić information content (AvgIpc) is 2.84. The summed E-state index contributed by atoms with van der Waals surface area (Å²) in [7, 11) is 1.54. The van der Waals surface area contributed by atoms with Crippen molar-refractivity contribution in [2.45, 2.75) is 38.8 Å². The Labute approximate surface area is 117 Å². The molecule has 0 aliphatic carbocycles. The summed E-state index contributed by atoms with van der Waals surface area (Å²) in [6.07, 6.45) is 1.24. The SMILES string of the molecule is CCC(CC)(NC(=O)c1cc(COC)on1)C(N)=S. The van der Waals surface area contributed by atoms with Gasteiger partial charge in [-0.25, -0.2) is 0 Å². The van der Waals surface area contributed by atoms with E-state index in [1.807, 2.05) is 13.8 Å². The lowest BCUT2D eigenvalue weighted by Crippen LogP contribution is -2.56. The van der Waals surface area contributed by atoms with Crippen LogP contribution in [-0.2, 0) is 11.3 Å². The van der Waals surface area contributed by atoms with E-state index in [0.717, 1.165) is 0 Å². The summed E-state index contributed by atoms with van der Waals surface area (Å²) in [5.41, 5.74) is 5.23. The molecule has 0 aliphatic rings. The molecular formula is C12H19N3O3S. The van der Waals surface area contributed by atoms with Crippen molar-refractivity contribution < 1.29 is 14.1 Å². The third-order valence-corrected chi connectivity index (χ3v) is 3.50. The Hall–Kier alpha value is -1.47. The van der Waals surface area contributed by atoms with Crippen molar-refractivity contribution >= 4 is 23.1 Å². The standard InChI is InChI=1S/C12H19N3O3S/c1-4-12(5-2,11(13)19)14-10(16)9-6-8(7-17-3)18-15-9/h6H,4-5,7H2,1-3H3,(H2,13,19)(H,14,16). The largest absolute Gasteiger partial charge is 0.391 e. The summed E-state index contributed by atoms with van der Waals surface area (Å²) >= 11 is 5.04. The highest BCUT2D eigenvalue weighted by Crippen LogP contribution is 2.17. The summed E-state index contributed by atoms with van der Waals surface area (Å²) in [5.74, 6) is 0.129. The van der Waals surface area contributed by atoms with Gasteiger partial charge >= 0.3 is 0 Å². The van der Waals surface area contributed by atoms with E-state index in [1.165, 1.54) is 13.2 Å². The molecular weight excluding hydrogens is 266 g/mol.